The van der Waals surface area contributed by atoms with Gasteiger partial charge in [0.15, 0.2) is 0 Å². The molecule has 2 aromatic rings. The molecule has 2 N–H and O–H groups in total. The molecule has 0 saturated heterocycles. The molecule has 2 aliphatic rings. The number of carbonyl (C=O) groups is 1. The second kappa shape index (κ2) is 6.48. The molecule has 0 unspecified atom stereocenters. The van der Waals surface area contributed by atoms with E-state index in [0.717, 1.165) is 17.7 Å². The number of nitrogens with one attached hydrogen (secondary N) is 1. The average Bonchev–Trinajstić information content (AvgIpc) is 3.11. The summed E-state index contributed by atoms with van der Waals surface area (Å²) in [5, 5.41) is 13.4. The predicted molar refractivity (Wildman–Crippen MR) is 105 cm³/mol. The standard InChI is InChI=1S/C22H22ClNO2/c1-12(2)13-6-8-14(9-7-13)20-17-5-3-4-16(17)18-10-15(22(25)26)11-19(23)21(18)24-20/h3-4,6-12,16-17,20,24H,5H2,1-2H3,(H,25,26)/t16-,17+,20+/m0/s1. The van der Waals surface area contributed by atoms with Gasteiger partial charge in [-0.3, -0.25) is 0 Å². The highest BCUT2D eigenvalue weighted by Gasteiger charge is 2.39. The van der Waals surface area contributed by atoms with Gasteiger partial charge in [-0.15, -0.1) is 0 Å². The Labute approximate surface area is 158 Å². The minimum atomic E-state index is -0.945. The normalized spacial score (nSPS) is 23.5. The molecule has 3 atom stereocenters. The largest absolute Gasteiger partial charge is 0.478 e. The summed E-state index contributed by atoms with van der Waals surface area (Å²) in [5.74, 6) is 0.124. The van der Waals surface area contributed by atoms with Crippen LogP contribution in [0.1, 0.15) is 65.2 Å². The molecule has 134 valence electrons. The van der Waals surface area contributed by atoms with Crippen LogP contribution in [-0.4, -0.2) is 11.1 Å². The number of carboxylic acid groups (broad SMARTS) is 1. The minimum Gasteiger partial charge on any atom is -0.478 e. The Bertz CT molecular complexity index is 886. The Kier molecular flexibility index (Phi) is 4.28. The van der Waals surface area contributed by atoms with Gasteiger partial charge in [-0.25, -0.2) is 4.79 Å². The third-order valence-corrected chi connectivity index (χ3v) is 5.93. The summed E-state index contributed by atoms with van der Waals surface area (Å²) in [6.07, 6.45) is 5.37. The van der Waals surface area contributed by atoms with E-state index in [0.29, 0.717) is 16.9 Å². The third kappa shape index (κ3) is 2.80. The van der Waals surface area contributed by atoms with Crippen molar-refractivity contribution < 1.29 is 9.90 Å². The number of hydrogen-bond acceptors (Lipinski definition) is 2. The lowest BCUT2D eigenvalue weighted by atomic mass is 9.76. The fraction of sp³-hybridized carbons (Fsp3) is 0.318. The van der Waals surface area contributed by atoms with Gasteiger partial charge in [0.1, 0.15) is 0 Å². The molecule has 0 saturated carbocycles. The van der Waals surface area contributed by atoms with Crippen LogP contribution >= 0.6 is 11.6 Å². The summed E-state index contributed by atoms with van der Waals surface area (Å²) in [7, 11) is 0. The topological polar surface area (TPSA) is 49.3 Å². The van der Waals surface area contributed by atoms with Crippen molar-refractivity contribution in [3.05, 3.63) is 75.8 Å². The maximum absolute atomic E-state index is 11.4. The van der Waals surface area contributed by atoms with Gasteiger partial charge in [0.05, 0.1) is 22.3 Å². The lowest BCUT2D eigenvalue weighted by Crippen LogP contribution is -2.29. The van der Waals surface area contributed by atoms with E-state index in [-0.39, 0.29) is 17.5 Å². The van der Waals surface area contributed by atoms with Crippen molar-refractivity contribution in [1.29, 1.82) is 0 Å². The molecular formula is C22H22ClNO2. The van der Waals surface area contributed by atoms with Crippen LogP contribution in [0.15, 0.2) is 48.6 Å². The molecule has 0 radical (unpaired) electrons. The summed E-state index contributed by atoms with van der Waals surface area (Å²) in [6, 6.07) is 12.3. The Morgan fingerprint density at radius 1 is 1.23 bits per heavy atom. The molecule has 0 amide bonds. The van der Waals surface area contributed by atoms with Crippen molar-refractivity contribution >= 4 is 23.3 Å². The van der Waals surface area contributed by atoms with Crippen molar-refractivity contribution in [2.24, 2.45) is 5.92 Å². The van der Waals surface area contributed by atoms with E-state index in [9.17, 15) is 9.90 Å². The van der Waals surface area contributed by atoms with Crippen LogP contribution in [0.3, 0.4) is 0 Å². The molecule has 0 aromatic heterocycles. The summed E-state index contributed by atoms with van der Waals surface area (Å²) < 4.78 is 0. The second-order valence-electron chi connectivity index (χ2n) is 7.52. The fourth-order valence-corrected chi connectivity index (χ4v) is 4.48. The smallest absolute Gasteiger partial charge is 0.335 e. The second-order valence-corrected chi connectivity index (χ2v) is 7.93. The first-order valence-electron chi connectivity index (χ1n) is 9.05. The Morgan fingerprint density at radius 3 is 2.62 bits per heavy atom. The number of rotatable bonds is 3. The molecule has 1 aliphatic carbocycles. The quantitative estimate of drug-likeness (QED) is 0.655. The molecule has 4 rings (SSSR count). The number of carboxylic acids is 1. The molecule has 3 nitrogen and oxygen atoms in total. The molecule has 0 spiro atoms. The molecule has 26 heavy (non-hydrogen) atoms. The zero-order valence-corrected chi connectivity index (χ0v) is 15.6. The minimum absolute atomic E-state index is 0.164. The molecule has 0 fully saturated rings. The van der Waals surface area contributed by atoms with Gasteiger partial charge < -0.3 is 10.4 Å². The molecular weight excluding hydrogens is 346 g/mol. The summed E-state index contributed by atoms with van der Waals surface area (Å²) in [4.78, 5) is 11.4. The van der Waals surface area contributed by atoms with Crippen molar-refractivity contribution in [3.8, 4) is 0 Å². The number of hydrogen-bond donors (Lipinski definition) is 2. The van der Waals surface area contributed by atoms with Crippen molar-refractivity contribution in [1.82, 2.24) is 0 Å². The number of allylic oxidation sites excluding steroid dienone is 2. The van der Waals surface area contributed by atoms with Crippen LogP contribution in [0.2, 0.25) is 5.02 Å². The highest BCUT2D eigenvalue weighted by molar-refractivity contribution is 6.33. The van der Waals surface area contributed by atoms with Crippen LogP contribution in [0.5, 0.6) is 0 Å². The number of fused-ring (bicyclic) bond motifs is 3. The molecule has 4 heteroatoms. The van der Waals surface area contributed by atoms with Gasteiger partial charge in [0.2, 0.25) is 0 Å². The van der Waals surface area contributed by atoms with Gasteiger partial charge >= 0.3 is 5.97 Å². The molecule has 2 aromatic carbocycles. The Hall–Kier alpha value is -2.26. The van der Waals surface area contributed by atoms with Crippen molar-refractivity contribution in [2.45, 2.75) is 38.1 Å². The van der Waals surface area contributed by atoms with Crippen molar-refractivity contribution in [3.63, 3.8) is 0 Å². The highest BCUT2D eigenvalue weighted by Crippen LogP contribution is 2.51. The first-order valence-corrected chi connectivity index (χ1v) is 9.43. The maximum Gasteiger partial charge on any atom is 0.335 e. The van der Waals surface area contributed by atoms with Crippen LogP contribution in [0, 0.1) is 5.92 Å². The molecule has 0 bridgehead atoms. The monoisotopic (exact) mass is 367 g/mol. The first kappa shape index (κ1) is 17.2. The fourth-order valence-electron chi connectivity index (χ4n) is 4.20. The van der Waals surface area contributed by atoms with E-state index in [2.05, 4.69) is 55.6 Å². The Morgan fingerprint density at radius 2 is 1.96 bits per heavy atom. The van der Waals surface area contributed by atoms with E-state index < -0.39 is 5.97 Å². The van der Waals surface area contributed by atoms with E-state index in [4.69, 9.17) is 11.6 Å². The summed E-state index contributed by atoms with van der Waals surface area (Å²) in [6.45, 7) is 4.39. The van der Waals surface area contributed by atoms with Crippen LogP contribution in [-0.2, 0) is 0 Å². The van der Waals surface area contributed by atoms with Crippen LogP contribution < -0.4 is 5.32 Å². The first-order chi connectivity index (χ1) is 12.5. The van der Waals surface area contributed by atoms with Gasteiger partial charge in [-0.05, 0) is 47.1 Å². The number of aromatic carboxylic acids is 1. The highest BCUT2D eigenvalue weighted by atomic mass is 35.5. The average molecular weight is 368 g/mol. The summed E-state index contributed by atoms with van der Waals surface area (Å²) in [5.41, 5.74) is 4.67. The number of anilines is 1. The zero-order valence-electron chi connectivity index (χ0n) is 14.9. The van der Waals surface area contributed by atoms with Gasteiger partial charge in [0, 0.05) is 5.92 Å². The lowest BCUT2D eigenvalue weighted by molar-refractivity contribution is 0.0696. The zero-order chi connectivity index (χ0) is 18.4. The van der Waals surface area contributed by atoms with Gasteiger partial charge in [-0.1, -0.05) is 61.9 Å². The van der Waals surface area contributed by atoms with E-state index in [1.807, 2.05) is 0 Å². The number of benzene rings is 2. The van der Waals surface area contributed by atoms with Crippen LogP contribution in [0.4, 0.5) is 5.69 Å². The lowest BCUT2D eigenvalue weighted by Gasteiger charge is -2.38. The van der Waals surface area contributed by atoms with E-state index in [1.165, 1.54) is 17.2 Å². The molecule has 1 heterocycles. The van der Waals surface area contributed by atoms with E-state index in [1.54, 1.807) is 6.07 Å². The van der Waals surface area contributed by atoms with Crippen molar-refractivity contribution in [2.75, 3.05) is 5.32 Å². The summed E-state index contributed by atoms with van der Waals surface area (Å²) >= 11 is 6.45. The predicted octanol–water partition coefficient (Wildman–Crippen LogP) is 5.99. The third-order valence-electron chi connectivity index (χ3n) is 5.63. The van der Waals surface area contributed by atoms with Crippen LogP contribution in [0.25, 0.3) is 0 Å². The SMILES string of the molecule is CC(C)c1ccc([C@H]2Nc3c(Cl)cc(C(=O)O)cc3[C@H]3C=CC[C@H]32)cc1. The van der Waals surface area contributed by atoms with E-state index >= 15 is 0 Å². The molecule has 1 aliphatic heterocycles. The van der Waals surface area contributed by atoms with Gasteiger partial charge in [0.25, 0.3) is 0 Å². The maximum atomic E-state index is 11.4. The van der Waals surface area contributed by atoms with Gasteiger partial charge in [-0.2, -0.15) is 0 Å². The Balaban J connectivity index is 1.76. The number of halogens is 1.